The van der Waals surface area contributed by atoms with Crippen LogP contribution in [0.4, 0.5) is 15.8 Å². The molecular formula is C16H18ClFN2. The first kappa shape index (κ1) is 14.7. The third-order valence-corrected chi connectivity index (χ3v) is 3.64. The lowest BCUT2D eigenvalue weighted by atomic mass is 9.98. The molecule has 0 bridgehead atoms. The molecular weight excluding hydrogens is 275 g/mol. The fourth-order valence-electron chi connectivity index (χ4n) is 2.09. The summed E-state index contributed by atoms with van der Waals surface area (Å²) in [7, 11) is 0. The number of anilines is 2. The molecule has 0 aromatic heterocycles. The maximum absolute atomic E-state index is 13.4. The molecule has 0 saturated heterocycles. The van der Waals surface area contributed by atoms with Crippen LogP contribution in [0, 0.1) is 5.82 Å². The summed E-state index contributed by atoms with van der Waals surface area (Å²) in [6, 6.07) is 13.1. The van der Waals surface area contributed by atoms with Crippen molar-refractivity contribution in [2.75, 3.05) is 17.6 Å². The van der Waals surface area contributed by atoms with E-state index < -0.39 is 5.82 Å². The highest BCUT2D eigenvalue weighted by Crippen LogP contribution is 2.26. The highest BCUT2D eigenvalue weighted by Gasteiger charge is 2.08. The predicted octanol–water partition coefficient (Wildman–Crippen LogP) is 4.67. The zero-order valence-corrected chi connectivity index (χ0v) is 12.1. The summed E-state index contributed by atoms with van der Waals surface area (Å²) >= 11 is 5.67. The average molecular weight is 293 g/mol. The molecule has 0 saturated carbocycles. The quantitative estimate of drug-likeness (QED) is 0.786. The van der Waals surface area contributed by atoms with Gasteiger partial charge in [-0.15, -0.1) is 0 Å². The molecule has 2 aromatic rings. The predicted molar refractivity (Wildman–Crippen MR) is 83.8 cm³/mol. The lowest BCUT2D eigenvalue weighted by Crippen LogP contribution is -2.08. The summed E-state index contributed by atoms with van der Waals surface area (Å²) < 4.78 is 13.4. The lowest BCUT2D eigenvalue weighted by Gasteiger charge is -2.14. The fraction of sp³-hybridized carbons (Fsp3) is 0.250. The van der Waals surface area contributed by atoms with Crippen LogP contribution in [0.2, 0.25) is 5.02 Å². The van der Waals surface area contributed by atoms with Crippen LogP contribution in [-0.2, 0) is 0 Å². The minimum absolute atomic E-state index is 0.0469. The molecule has 106 valence electrons. The molecule has 2 nitrogen and oxygen atoms in total. The Kier molecular flexibility index (Phi) is 4.85. The van der Waals surface area contributed by atoms with Gasteiger partial charge in [-0.25, -0.2) is 4.39 Å². The van der Waals surface area contributed by atoms with Gasteiger partial charge in [0.05, 0.1) is 16.4 Å². The maximum atomic E-state index is 13.4. The molecule has 0 aliphatic rings. The Morgan fingerprint density at radius 1 is 1.25 bits per heavy atom. The van der Waals surface area contributed by atoms with Crippen LogP contribution in [-0.4, -0.2) is 6.54 Å². The minimum atomic E-state index is -0.459. The minimum Gasteiger partial charge on any atom is -0.397 e. The maximum Gasteiger partial charge on any atom is 0.143 e. The number of benzene rings is 2. The van der Waals surface area contributed by atoms with Gasteiger partial charge >= 0.3 is 0 Å². The SMILES string of the molecule is CC(CCNc1cc(F)c(Cl)cc1N)c1ccccc1. The highest BCUT2D eigenvalue weighted by atomic mass is 35.5. The first-order chi connectivity index (χ1) is 9.58. The monoisotopic (exact) mass is 292 g/mol. The third-order valence-electron chi connectivity index (χ3n) is 3.35. The van der Waals surface area contributed by atoms with Crippen molar-refractivity contribution in [1.29, 1.82) is 0 Å². The fourth-order valence-corrected chi connectivity index (χ4v) is 2.26. The van der Waals surface area contributed by atoms with Crippen molar-refractivity contribution in [2.24, 2.45) is 0 Å². The molecule has 0 spiro atoms. The second-order valence-electron chi connectivity index (χ2n) is 4.88. The Morgan fingerprint density at radius 2 is 1.95 bits per heavy atom. The van der Waals surface area contributed by atoms with E-state index in [0.717, 1.165) is 13.0 Å². The molecule has 1 unspecified atom stereocenters. The number of rotatable bonds is 5. The van der Waals surface area contributed by atoms with Crippen LogP contribution in [0.1, 0.15) is 24.8 Å². The van der Waals surface area contributed by atoms with Crippen molar-refractivity contribution in [3.8, 4) is 0 Å². The molecule has 0 radical (unpaired) electrons. The van der Waals surface area contributed by atoms with Gasteiger partial charge in [-0.05, 0) is 24.0 Å². The normalized spacial score (nSPS) is 12.2. The van der Waals surface area contributed by atoms with Gasteiger partial charge in [0, 0.05) is 12.6 Å². The Labute approximate surface area is 123 Å². The van der Waals surface area contributed by atoms with Crippen LogP contribution >= 0.6 is 11.6 Å². The molecule has 0 aliphatic heterocycles. The van der Waals surface area contributed by atoms with E-state index in [1.54, 1.807) is 0 Å². The van der Waals surface area contributed by atoms with Crippen molar-refractivity contribution in [1.82, 2.24) is 0 Å². The Morgan fingerprint density at radius 3 is 2.65 bits per heavy atom. The number of nitrogens with one attached hydrogen (secondary N) is 1. The van der Waals surface area contributed by atoms with E-state index in [0.29, 0.717) is 17.3 Å². The molecule has 0 fully saturated rings. The Hall–Kier alpha value is -1.74. The molecule has 1 atom stereocenters. The highest BCUT2D eigenvalue weighted by molar-refractivity contribution is 6.31. The smallest absolute Gasteiger partial charge is 0.143 e. The third kappa shape index (κ3) is 3.64. The molecule has 0 aliphatic carbocycles. The number of hydrogen-bond acceptors (Lipinski definition) is 2. The molecule has 0 amide bonds. The van der Waals surface area contributed by atoms with Gasteiger partial charge in [0.1, 0.15) is 5.82 Å². The van der Waals surface area contributed by atoms with Crippen LogP contribution in [0.3, 0.4) is 0 Å². The largest absolute Gasteiger partial charge is 0.397 e. The number of nitrogen functional groups attached to an aromatic ring is 1. The Bertz CT molecular complexity index is 572. The summed E-state index contributed by atoms with van der Waals surface area (Å²) in [5, 5.41) is 3.20. The number of hydrogen-bond donors (Lipinski definition) is 2. The zero-order chi connectivity index (χ0) is 14.5. The first-order valence-corrected chi connectivity index (χ1v) is 6.99. The van der Waals surface area contributed by atoms with Gasteiger partial charge in [0.2, 0.25) is 0 Å². The van der Waals surface area contributed by atoms with Gasteiger partial charge < -0.3 is 11.1 Å². The topological polar surface area (TPSA) is 38.0 Å². The summed E-state index contributed by atoms with van der Waals surface area (Å²) in [6.45, 7) is 2.89. The molecule has 4 heteroatoms. The second-order valence-corrected chi connectivity index (χ2v) is 5.29. The van der Waals surface area contributed by atoms with Gasteiger partial charge in [-0.3, -0.25) is 0 Å². The van der Waals surface area contributed by atoms with E-state index in [2.05, 4.69) is 24.4 Å². The van der Waals surface area contributed by atoms with Gasteiger partial charge in [0.15, 0.2) is 0 Å². The summed E-state index contributed by atoms with van der Waals surface area (Å²) in [4.78, 5) is 0. The van der Waals surface area contributed by atoms with E-state index in [-0.39, 0.29) is 5.02 Å². The van der Waals surface area contributed by atoms with E-state index >= 15 is 0 Å². The summed E-state index contributed by atoms with van der Waals surface area (Å²) in [5.74, 6) is -0.0263. The van der Waals surface area contributed by atoms with E-state index in [1.807, 2.05) is 18.2 Å². The van der Waals surface area contributed by atoms with Crippen LogP contribution in [0.25, 0.3) is 0 Å². The molecule has 2 aromatic carbocycles. The standard InChI is InChI=1S/C16H18ClFN2/c1-11(12-5-3-2-4-6-12)7-8-20-16-10-14(18)13(17)9-15(16)19/h2-6,9-11,20H,7-8,19H2,1H3. The Balaban J connectivity index is 1.92. The van der Waals surface area contributed by atoms with Crippen molar-refractivity contribution >= 4 is 23.0 Å². The van der Waals surface area contributed by atoms with Crippen molar-refractivity contribution in [3.05, 3.63) is 58.9 Å². The van der Waals surface area contributed by atoms with Crippen molar-refractivity contribution in [3.63, 3.8) is 0 Å². The number of nitrogens with two attached hydrogens (primary N) is 1. The average Bonchev–Trinajstić information content (AvgIpc) is 2.45. The van der Waals surface area contributed by atoms with E-state index in [4.69, 9.17) is 17.3 Å². The summed E-state index contributed by atoms with van der Waals surface area (Å²) in [6.07, 6.45) is 0.938. The van der Waals surface area contributed by atoms with Crippen molar-refractivity contribution < 1.29 is 4.39 Å². The van der Waals surface area contributed by atoms with Crippen LogP contribution < -0.4 is 11.1 Å². The summed E-state index contributed by atoms with van der Waals surface area (Å²) in [5.41, 5.74) is 8.15. The van der Waals surface area contributed by atoms with Crippen LogP contribution in [0.5, 0.6) is 0 Å². The van der Waals surface area contributed by atoms with E-state index in [1.165, 1.54) is 17.7 Å². The van der Waals surface area contributed by atoms with Gasteiger partial charge in [0.25, 0.3) is 0 Å². The lowest BCUT2D eigenvalue weighted by molar-refractivity contribution is 0.628. The van der Waals surface area contributed by atoms with Gasteiger partial charge in [-0.1, -0.05) is 48.9 Å². The second kappa shape index (κ2) is 6.62. The zero-order valence-electron chi connectivity index (χ0n) is 11.4. The molecule has 0 heterocycles. The molecule has 3 N–H and O–H groups in total. The molecule has 2 rings (SSSR count). The van der Waals surface area contributed by atoms with Gasteiger partial charge in [-0.2, -0.15) is 0 Å². The van der Waals surface area contributed by atoms with Crippen LogP contribution in [0.15, 0.2) is 42.5 Å². The first-order valence-electron chi connectivity index (χ1n) is 6.61. The number of halogens is 2. The van der Waals surface area contributed by atoms with Crippen molar-refractivity contribution in [2.45, 2.75) is 19.3 Å². The molecule has 20 heavy (non-hydrogen) atoms. The van der Waals surface area contributed by atoms with E-state index in [9.17, 15) is 4.39 Å².